The molecule has 116 valence electrons. The number of methoxy groups -OCH3 is 1. The van der Waals surface area contributed by atoms with E-state index < -0.39 is 12.1 Å². The fourth-order valence-corrected chi connectivity index (χ4v) is 2.52. The number of urea groups is 1. The Labute approximate surface area is 137 Å². The van der Waals surface area contributed by atoms with Gasteiger partial charge in [0.25, 0.3) is 0 Å². The normalized spacial score (nSPS) is 11.8. The topological polar surface area (TPSA) is 81.3 Å². The lowest BCUT2D eigenvalue weighted by molar-refractivity contribution is 0.252. The summed E-state index contributed by atoms with van der Waals surface area (Å²) in [5.74, 6) is 0.675. The lowest BCUT2D eigenvalue weighted by Crippen LogP contribution is -2.38. The highest BCUT2D eigenvalue weighted by molar-refractivity contribution is 6.32. The van der Waals surface area contributed by atoms with Crippen molar-refractivity contribution in [1.82, 2.24) is 9.97 Å². The van der Waals surface area contributed by atoms with E-state index in [0.717, 1.165) is 0 Å². The van der Waals surface area contributed by atoms with Crippen LogP contribution in [-0.4, -0.2) is 23.1 Å². The Hall–Kier alpha value is -2.05. The van der Waals surface area contributed by atoms with Gasteiger partial charge in [-0.05, 0) is 42.8 Å². The number of benzene rings is 1. The predicted molar refractivity (Wildman–Crippen MR) is 85.5 cm³/mol. The molecule has 2 rings (SSSR count). The largest absolute Gasteiger partial charge is 0.497 e. The first-order valence-electron chi connectivity index (χ1n) is 6.34. The Morgan fingerprint density at radius 1 is 1.32 bits per heavy atom. The number of hydrogen-bond donors (Lipinski definition) is 1. The SMILES string of the molecule is COc1ccc(N(C(N)=O)[C@@H](C)c2cnc(Cl)nc2Cl)cc1. The Balaban J connectivity index is 2.39. The third kappa shape index (κ3) is 3.40. The minimum absolute atomic E-state index is 0.0380. The molecular formula is C14H14Cl2N4O2. The number of anilines is 1. The van der Waals surface area contributed by atoms with Crippen molar-refractivity contribution in [3.63, 3.8) is 0 Å². The van der Waals surface area contributed by atoms with Gasteiger partial charge >= 0.3 is 6.03 Å². The lowest BCUT2D eigenvalue weighted by Gasteiger charge is -2.28. The summed E-state index contributed by atoms with van der Waals surface area (Å²) in [6, 6.07) is 5.84. The molecule has 1 aromatic heterocycles. The zero-order valence-electron chi connectivity index (χ0n) is 12.0. The van der Waals surface area contributed by atoms with Gasteiger partial charge in [-0.25, -0.2) is 14.8 Å². The number of carbonyl (C=O) groups excluding carboxylic acids is 1. The Morgan fingerprint density at radius 3 is 2.45 bits per heavy atom. The van der Waals surface area contributed by atoms with Gasteiger partial charge in [0.15, 0.2) is 0 Å². The third-order valence-corrected chi connectivity index (χ3v) is 3.65. The Bertz CT molecular complexity index is 679. The molecule has 2 amide bonds. The fourth-order valence-electron chi connectivity index (χ4n) is 2.05. The minimum Gasteiger partial charge on any atom is -0.497 e. The van der Waals surface area contributed by atoms with E-state index in [4.69, 9.17) is 33.7 Å². The number of carbonyl (C=O) groups is 1. The number of halogens is 2. The molecule has 0 saturated carbocycles. The van der Waals surface area contributed by atoms with Crippen LogP contribution in [0.1, 0.15) is 18.5 Å². The van der Waals surface area contributed by atoms with Crippen LogP contribution in [0, 0.1) is 0 Å². The molecule has 8 heteroatoms. The number of nitrogens with zero attached hydrogens (tertiary/aromatic N) is 3. The standard InChI is InChI=1S/C14H14Cl2N4O2/c1-8(11-7-18-13(16)19-12(11)15)20(14(17)21)9-3-5-10(22-2)6-4-9/h3-8H,1-2H3,(H2,17,21)/t8-/m0/s1. The lowest BCUT2D eigenvalue weighted by atomic mass is 10.1. The highest BCUT2D eigenvalue weighted by atomic mass is 35.5. The summed E-state index contributed by atoms with van der Waals surface area (Å²) in [6.07, 6.45) is 1.47. The van der Waals surface area contributed by atoms with E-state index >= 15 is 0 Å². The summed E-state index contributed by atoms with van der Waals surface area (Å²) < 4.78 is 5.10. The molecule has 0 fully saturated rings. The molecule has 1 aromatic carbocycles. The maximum atomic E-state index is 11.9. The van der Waals surface area contributed by atoms with Crippen molar-refractivity contribution in [3.05, 3.63) is 46.5 Å². The molecule has 0 aliphatic heterocycles. The maximum Gasteiger partial charge on any atom is 0.319 e. The average molecular weight is 341 g/mol. The molecule has 0 unspecified atom stereocenters. The van der Waals surface area contributed by atoms with E-state index in [2.05, 4.69) is 9.97 Å². The summed E-state index contributed by atoms with van der Waals surface area (Å²) in [6.45, 7) is 1.77. The molecule has 1 atom stereocenters. The van der Waals surface area contributed by atoms with Crippen molar-refractivity contribution >= 4 is 34.9 Å². The number of rotatable bonds is 4. The monoisotopic (exact) mass is 340 g/mol. The van der Waals surface area contributed by atoms with Crippen LogP contribution in [0.25, 0.3) is 0 Å². The van der Waals surface area contributed by atoms with Crippen LogP contribution in [0.4, 0.5) is 10.5 Å². The zero-order chi connectivity index (χ0) is 16.3. The number of amides is 2. The maximum absolute atomic E-state index is 11.9. The van der Waals surface area contributed by atoms with E-state index in [1.807, 2.05) is 0 Å². The van der Waals surface area contributed by atoms with Gasteiger partial charge in [-0.2, -0.15) is 0 Å². The van der Waals surface area contributed by atoms with Crippen LogP contribution in [0.15, 0.2) is 30.5 Å². The van der Waals surface area contributed by atoms with Crippen LogP contribution in [-0.2, 0) is 0 Å². The van der Waals surface area contributed by atoms with Gasteiger partial charge in [0, 0.05) is 17.4 Å². The summed E-state index contributed by atoms with van der Waals surface area (Å²) in [7, 11) is 1.56. The van der Waals surface area contributed by atoms with Crippen molar-refractivity contribution in [2.75, 3.05) is 12.0 Å². The van der Waals surface area contributed by atoms with Crippen molar-refractivity contribution in [2.45, 2.75) is 13.0 Å². The smallest absolute Gasteiger partial charge is 0.319 e. The van der Waals surface area contributed by atoms with E-state index in [0.29, 0.717) is 17.0 Å². The zero-order valence-corrected chi connectivity index (χ0v) is 13.5. The van der Waals surface area contributed by atoms with E-state index in [9.17, 15) is 4.79 Å². The molecule has 0 aliphatic rings. The molecular weight excluding hydrogens is 327 g/mol. The Morgan fingerprint density at radius 2 is 1.95 bits per heavy atom. The third-order valence-electron chi connectivity index (χ3n) is 3.16. The first-order chi connectivity index (χ1) is 10.4. The number of nitrogens with two attached hydrogens (primary N) is 1. The molecule has 0 saturated heterocycles. The highest BCUT2D eigenvalue weighted by Crippen LogP contribution is 2.31. The Kier molecular flexibility index (Phi) is 5.05. The van der Waals surface area contributed by atoms with Crippen molar-refractivity contribution in [2.24, 2.45) is 5.73 Å². The van der Waals surface area contributed by atoms with E-state index in [-0.39, 0.29) is 10.4 Å². The van der Waals surface area contributed by atoms with Gasteiger partial charge < -0.3 is 10.5 Å². The summed E-state index contributed by atoms with van der Waals surface area (Å²) in [5, 5.41) is 0.211. The summed E-state index contributed by atoms with van der Waals surface area (Å²) in [5.41, 5.74) is 6.65. The number of ether oxygens (including phenoxy) is 1. The van der Waals surface area contributed by atoms with Gasteiger partial charge in [-0.15, -0.1) is 0 Å². The second kappa shape index (κ2) is 6.81. The quantitative estimate of drug-likeness (QED) is 0.682. The molecule has 2 N–H and O–H groups in total. The van der Waals surface area contributed by atoms with E-state index in [1.54, 1.807) is 38.3 Å². The average Bonchev–Trinajstić information content (AvgIpc) is 2.47. The van der Waals surface area contributed by atoms with Gasteiger partial charge in [0.1, 0.15) is 10.9 Å². The van der Waals surface area contributed by atoms with Crippen molar-refractivity contribution < 1.29 is 9.53 Å². The highest BCUT2D eigenvalue weighted by Gasteiger charge is 2.24. The fraction of sp³-hybridized carbons (Fsp3) is 0.214. The molecule has 0 spiro atoms. The van der Waals surface area contributed by atoms with Crippen LogP contribution < -0.4 is 15.4 Å². The molecule has 0 aliphatic carbocycles. The molecule has 1 heterocycles. The van der Waals surface area contributed by atoms with Crippen LogP contribution in [0.5, 0.6) is 5.75 Å². The number of hydrogen-bond acceptors (Lipinski definition) is 4. The van der Waals surface area contributed by atoms with Crippen LogP contribution in [0.2, 0.25) is 10.4 Å². The van der Waals surface area contributed by atoms with Gasteiger partial charge in [0.2, 0.25) is 5.28 Å². The molecule has 2 aromatic rings. The van der Waals surface area contributed by atoms with Crippen molar-refractivity contribution in [3.8, 4) is 5.75 Å². The molecule has 22 heavy (non-hydrogen) atoms. The predicted octanol–water partition coefficient (Wildman–Crippen LogP) is 3.44. The van der Waals surface area contributed by atoms with Crippen LogP contribution in [0.3, 0.4) is 0 Å². The molecule has 0 bridgehead atoms. The summed E-state index contributed by atoms with van der Waals surface area (Å²) >= 11 is 11.8. The second-order valence-electron chi connectivity index (χ2n) is 4.47. The number of aromatic nitrogens is 2. The van der Waals surface area contributed by atoms with Crippen LogP contribution >= 0.6 is 23.2 Å². The minimum atomic E-state index is -0.622. The first-order valence-corrected chi connectivity index (χ1v) is 7.10. The first kappa shape index (κ1) is 16.3. The van der Waals surface area contributed by atoms with Gasteiger partial charge in [-0.1, -0.05) is 11.6 Å². The van der Waals surface area contributed by atoms with Gasteiger partial charge in [-0.3, -0.25) is 4.90 Å². The van der Waals surface area contributed by atoms with E-state index in [1.165, 1.54) is 11.1 Å². The van der Waals surface area contributed by atoms with Gasteiger partial charge in [0.05, 0.1) is 13.2 Å². The summed E-state index contributed by atoms with van der Waals surface area (Å²) in [4.78, 5) is 21.0. The molecule has 0 radical (unpaired) electrons. The van der Waals surface area contributed by atoms with Crippen molar-refractivity contribution in [1.29, 1.82) is 0 Å². The number of primary amides is 1. The molecule has 6 nitrogen and oxygen atoms in total. The second-order valence-corrected chi connectivity index (χ2v) is 5.16.